The number of hydrogen-bond acceptors (Lipinski definition) is 2. The van der Waals surface area contributed by atoms with Crippen molar-refractivity contribution in [1.82, 2.24) is 5.32 Å². The Hall–Kier alpha value is -1.02. The van der Waals surface area contributed by atoms with E-state index < -0.39 is 0 Å². The smallest absolute Gasteiger partial charge is 0.0347 e. The molecule has 0 bridgehead atoms. The van der Waals surface area contributed by atoms with Gasteiger partial charge in [0.15, 0.2) is 0 Å². The van der Waals surface area contributed by atoms with E-state index in [1.54, 1.807) is 0 Å². The van der Waals surface area contributed by atoms with Gasteiger partial charge in [-0.2, -0.15) is 0 Å². The number of hydrogen-bond donors (Lipinski definition) is 2. The van der Waals surface area contributed by atoms with Gasteiger partial charge in [-0.1, -0.05) is 6.07 Å². The highest BCUT2D eigenvalue weighted by Crippen LogP contribution is 2.48. The predicted octanol–water partition coefficient (Wildman–Crippen LogP) is 3.25. The summed E-state index contributed by atoms with van der Waals surface area (Å²) in [6.07, 6.45) is 5.47. The fourth-order valence-corrected chi connectivity index (χ4v) is 3.75. The van der Waals surface area contributed by atoms with Crippen molar-refractivity contribution in [3.63, 3.8) is 0 Å². The second kappa shape index (κ2) is 4.58. The molecule has 1 saturated carbocycles. The van der Waals surface area contributed by atoms with Crippen LogP contribution in [0.25, 0.3) is 0 Å². The fraction of sp³-hybridized carbons (Fsp3) is 0.625. The van der Waals surface area contributed by atoms with Crippen LogP contribution in [-0.2, 0) is 0 Å². The Balaban J connectivity index is 1.59. The summed E-state index contributed by atoms with van der Waals surface area (Å²) in [7, 11) is 0. The van der Waals surface area contributed by atoms with Crippen LogP contribution in [0.3, 0.4) is 0 Å². The van der Waals surface area contributed by atoms with Crippen molar-refractivity contribution < 1.29 is 0 Å². The number of piperidine rings is 1. The van der Waals surface area contributed by atoms with Gasteiger partial charge in [-0.05, 0) is 81.3 Å². The van der Waals surface area contributed by atoms with Crippen LogP contribution >= 0.6 is 0 Å². The molecule has 2 heteroatoms. The summed E-state index contributed by atoms with van der Waals surface area (Å²) in [5.41, 5.74) is 4.69. The van der Waals surface area contributed by atoms with E-state index >= 15 is 0 Å². The maximum absolute atomic E-state index is 3.71. The molecule has 2 nitrogen and oxygen atoms in total. The molecule has 3 rings (SSSR count). The SMILES string of the molecule is Cc1cc(C)cc(NC2CC3(CCNCC3)C2)c1. The Morgan fingerprint density at radius 3 is 2.28 bits per heavy atom. The molecule has 0 amide bonds. The van der Waals surface area contributed by atoms with Crippen molar-refractivity contribution in [3.05, 3.63) is 29.3 Å². The summed E-state index contributed by atoms with van der Waals surface area (Å²) in [4.78, 5) is 0. The lowest BCUT2D eigenvalue weighted by Gasteiger charge is -2.51. The summed E-state index contributed by atoms with van der Waals surface area (Å²) in [5, 5.41) is 7.18. The first-order valence-electron chi connectivity index (χ1n) is 7.21. The zero-order chi connectivity index (χ0) is 12.6. The molecular formula is C16H24N2. The molecule has 2 aliphatic rings. The van der Waals surface area contributed by atoms with Crippen LogP contribution in [0.4, 0.5) is 5.69 Å². The molecule has 1 aliphatic carbocycles. The van der Waals surface area contributed by atoms with Gasteiger partial charge < -0.3 is 10.6 Å². The quantitative estimate of drug-likeness (QED) is 0.834. The van der Waals surface area contributed by atoms with Crippen molar-refractivity contribution in [2.75, 3.05) is 18.4 Å². The van der Waals surface area contributed by atoms with Gasteiger partial charge in [0.05, 0.1) is 0 Å². The highest BCUT2D eigenvalue weighted by molar-refractivity contribution is 5.49. The van der Waals surface area contributed by atoms with Crippen LogP contribution in [0.2, 0.25) is 0 Å². The average Bonchev–Trinajstić information content (AvgIpc) is 2.27. The van der Waals surface area contributed by atoms with E-state index in [0.717, 1.165) is 0 Å². The largest absolute Gasteiger partial charge is 0.382 e. The maximum Gasteiger partial charge on any atom is 0.0347 e. The van der Waals surface area contributed by atoms with Gasteiger partial charge in [0.25, 0.3) is 0 Å². The van der Waals surface area contributed by atoms with Crippen LogP contribution in [0.15, 0.2) is 18.2 Å². The van der Waals surface area contributed by atoms with Crippen LogP contribution in [-0.4, -0.2) is 19.1 Å². The highest BCUT2D eigenvalue weighted by Gasteiger charge is 2.44. The Morgan fingerprint density at radius 1 is 1.06 bits per heavy atom. The minimum Gasteiger partial charge on any atom is -0.382 e. The Bertz CT molecular complexity index is 404. The molecule has 98 valence electrons. The molecule has 0 unspecified atom stereocenters. The minimum absolute atomic E-state index is 0.668. The van der Waals surface area contributed by atoms with Crippen molar-refractivity contribution in [3.8, 4) is 0 Å². The molecule has 0 atom stereocenters. The van der Waals surface area contributed by atoms with Crippen LogP contribution in [0.5, 0.6) is 0 Å². The number of benzene rings is 1. The highest BCUT2D eigenvalue weighted by atomic mass is 15.0. The summed E-state index contributed by atoms with van der Waals surface area (Å²) in [5.74, 6) is 0. The summed E-state index contributed by atoms with van der Waals surface area (Å²) >= 11 is 0. The fourth-order valence-electron chi connectivity index (χ4n) is 3.75. The Kier molecular flexibility index (Phi) is 3.06. The minimum atomic E-state index is 0.668. The summed E-state index contributed by atoms with van der Waals surface area (Å²) in [6, 6.07) is 7.46. The van der Waals surface area contributed by atoms with E-state index in [2.05, 4.69) is 42.7 Å². The van der Waals surface area contributed by atoms with Crippen LogP contribution in [0.1, 0.15) is 36.8 Å². The second-order valence-corrected chi connectivity index (χ2v) is 6.38. The first kappa shape index (κ1) is 12.0. The maximum atomic E-state index is 3.71. The van der Waals surface area contributed by atoms with Gasteiger partial charge >= 0.3 is 0 Å². The number of nitrogens with one attached hydrogen (secondary N) is 2. The molecule has 18 heavy (non-hydrogen) atoms. The molecule has 2 fully saturated rings. The normalized spacial score (nSPS) is 22.8. The number of rotatable bonds is 2. The Morgan fingerprint density at radius 2 is 1.67 bits per heavy atom. The average molecular weight is 244 g/mol. The van der Waals surface area contributed by atoms with Gasteiger partial charge in [0.2, 0.25) is 0 Å². The van der Waals surface area contributed by atoms with Gasteiger partial charge in [0.1, 0.15) is 0 Å². The standard InChI is InChI=1S/C16H24N2/c1-12-7-13(2)9-14(8-12)18-15-10-16(11-15)3-5-17-6-4-16/h7-9,15,17-18H,3-6,10-11H2,1-2H3. The third kappa shape index (κ3) is 2.39. The molecule has 0 radical (unpaired) electrons. The monoisotopic (exact) mass is 244 g/mol. The van der Waals surface area contributed by atoms with E-state index in [1.807, 2.05) is 0 Å². The van der Waals surface area contributed by atoms with Crippen LogP contribution < -0.4 is 10.6 Å². The van der Waals surface area contributed by atoms with E-state index in [1.165, 1.54) is 55.6 Å². The van der Waals surface area contributed by atoms with E-state index in [-0.39, 0.29) is 0 Å². The lowest BCUT2D eigenvalue weighted by molar-refractivity contribution is 0.0718. The van der Waals surface area contributed by atoms with Crippen molar-refractivity contribution in [2.24, 2.45) is 5.41 Å². The van der Waals surface area contributed by atoms with Gasteiger partial charge in [-0.25, -0.2) is 0 Å². The molecule has 1 spiro atoms. The Labute approximate surface area is 110 Å². The van der Waals surface area contributed by atoms with E-state index in [0.29, 0.717) is 11.5 Å². The second-order valence-electron chi connectivity index (χ2n) is 6.38. The number of aryl methyl sites for hydroxylation is 2. The molecule has 1 aliphatic heterocycles. The summed E-state index contributed by atoms with van der Waals surface area (Å²) < 4.78 is 0. The molecule has 0 aromatic heterocycles. The zero-order valence-corrected chi connectivity index (χ0v) is 11.6. The topological polar surface area (TPSA) is 24.1 Å². The van der Waals surface area contributed by atoms with Gasteiger partial charge in [0, 0.05) is 11.7 Å². The van der Waals surface area contributed by atoms with Crippen molar-refractivity contribution >= 4 is 5.69 Å². The lowest BCUT2D eigenvalue weighted by atomic mass is 9.60. The van der Waals surface area contributed by atoms with E-state index in [9.17, 15) is 0 Å². The molecule has 1 heterocycles. The first-order chi connectivity index (χ1) is 8.65. The van der Waals surface area contributed by atoms with Gasteiger partial charge in [-0.3, -0.25) is 0 Å². The van der Waals surface area contributed by atoms with E-state index in [4.69, 9.17) is 0 Å². The summed E-state index contributed by atoms with van der Waals surface area (Å²) in [6.45, 7) is 6.78. The lowest BCUT2D eigenvalue weighted by Crippen LogP contribution is -2.50. The molecule has 1 aromatic rings. The molecule has 1 saturated heterocycles. The van der Waals surface area contributed by atoms with Crippen molar-refractivity contribution in [2.45, 2.75) is 45.6 Å². The predicted molar refractivity (Wildman–Crippen MR) is 77.1 cm³/mol. The van der Waals surface area contributed by atoms with Gasteiger partial charge in [-0.15, -0.1) is 0 Å². The first-order valence-corrected chi connectivity index (χ1v) is 7.21. The number of anilines is 1. The third-order valence-corrected chi connectivity index (χ3v) is 4.62. The van der Waals surface area contributed by atoms with Crippen LogP contribution in [0, 0.1) is 19.3 Å². The molecule has 1 aromatic carbocycles. The van der Waals surface area contributed by atoms with Crippen molar-refractivity contribution in [1.29, 1.82) is 0 Å². The molecule has 2 N–H and O–H groups in total. The third-order valence-electron chi connectivity index (χ3n) is 4.62. The molecular weight excluding hydrogens is 220 g/mol. The zero-order valence-electron chi connectivity index (χ0n) is 11.6.